The minimum atomic E-state index is -0.465. The van der Waals surface area contributed by atoms with Gasteiger partial charge in [-0.3, -0.25) is 4.57 Å². The number of hydrogen-bond donors (Lipinski definition) is 0. The van der Waals surface area contributed by atoms with E-state index in [9.17, 15) is 0 Å². The number of thiophene rings is 1. The molecule has 0 radical (unpaired) electrons. The fourth-order valence-corrected chi connectivity index (χ4v) is 11.1. The van der Waals surface area contributed by atoms with Crippen LogP contribution in [-0.2, 0) is 5.41 Å². The molecule has 5 heteroatoms. The first-order valence-corrected chi connectivity index (χ1v) is 20.2. The average molecular weight is 743 g/mol. The fourth-order valence-electron chi connectivity index (χ4n) is 9.94. The van der Waals surface area contributed by atoms with Crippen LogP contribution >= 0.6 is 11.3 Å². The molecule has 0 unspecified atom stereocenters. The van der Waals surface area contributed by atoms with Gasteiger partial charge in [0.2, 0.25) is 5.95 Å². The average Bonchev–Trinajstić information content (AvgIpc) is 3.99. The molecule has 11 aromatic rings. The molecule has 0 N–H and O–H groups in total. The molecule has 0 bridgehead atoms. The minimum Gasteiger partial charge on any atom is -0.278 e. The van der Waals surface area contributed by atoms with E-state index in [1.807, 2.05) is 18.2 Å². The normalized spacial score (nSPS) is 13.4. The third kappa shape index (κ3) is 4.13. The summed E-state index contributed by atoms with van der Waals surface area (Å²) in [5.41, 5.74) is 14.0. The highest BCUT2D eigenvalue weighted by Gasteiger charge is 2.51. The molecule has 1 spiro atoms. The number of benzene rings is 8. The van der Waals surface area contributed by atoms with Crippen molar-refractivity contribution in [3.8, 4) is 51.0 Å². The smallest absolute Gasteiger partial charge is 0.238 e. The summed E-state index contributed by atoms with van der Waals surface area (Å²) < 4.78 is 4.76. The van der Waals surface area contributed by atoms with E-state index >= 15 is 0 Å². The zero-order valence-electron chi connectivity index (χ0n) is 30.5. The maximum atomic E-state index is 5.37. The largest absolute Gasteiger partial charge is 0.278 e. The number of aromatic nitrogens is 4. The molecule has 4 nitrogen and oxygen atoms in total. The lowest BCUT2D eigenvalue weighted by Gasteiger charge is -2.30. The molecule has 0 atom stereocenters. The van der Waals surface area contributed by atoms with Gasteiger partial charge in [-0.15, -0.1) is 11.3 Å². The highest BCUT2D eigenvalue weighted by atomic mass is 32.1. The second-order valence-electron chi connectivity index (χ2n) is 15.1. The summed E-state index contributed by atoms with van der Waals surface area (Å²) in [5, 5.41) is 4.86. The van der Waals surface area contributed by atoms with E-state index in [2.05, 4.69) is 168 Å². The molecule has 0 fully saturated rings. The zero-order valence-corrected chi connectivity index (χ0v) is 31.3. The van der Waals surface area contributed by atoms with Gasteiger partial charge in [0.1, 0.15) is 0 Å². The van der Waals surface area contributed by atoms with E-state index in [1.54, 1.807) is 11.3 Å². The number of para-hydroxylation sites is 1. The summed E-state index contributed by atoms with van der Waals surface area (Å²) in [7, 11) is 0. The van der Waals surface area contributed by atoms with Gasteiger partial charge in [-0.1, -0.05) is 152 Å². The van der Waals surface area contributed by atoms with Gasteiger partial charge in [-0.25, -0.2) is 4.98 Å². The highest BCUT2D eigenvalue weighted by molar-refractivity contribution is 7.25. The lowest BCUT2D eigenvalue weighted by molar-refractivity contribution is 0.794. The van der Waals surface area contributed by atoms with Crippen molar-refractivity contribution < 1.29 is 0 Å². The van der Waals surface area contributed by atoms with Crippen LogP contribution in [0.15, 0.2) is 182 Å². The van der Waals surface area contributed by atoms with Crippen LogP contribution in [0, 0.1) is 0 Å². The Balaban J connectivity index is 1.12. The first-order chi connectivity index (χ1) is 28.3. The molecule has 3 heterocycles. The van der Waals surface area contributed by atoms with E-state index in [0.717, 1.165) is 27.5 Å². The van der Waals surface area contributed by atoms with Gasteiger partial charge in [-0.2, -0.15) is 9.97 Å². The zero-order chi connectivity index (χ0) is 37.2. The van der Waals surface area contributed by atoms with Crippen molar-refractivity contribution in [1.82, 2.24) is 19.5 Å². The second-order valence-corrected chi connectivity index (χ2v) is 16.2. The fraction of sp³-hybridized carbons (Fsp3) is 0.0192. The standard InChI is InChI=1S/C52H30N4S/c1-2-14-31(15-3-1)49-53-50(32-26-27-38-37-20-8-13-25-47(37)57-48(38)28-32)55-51(54-49)56-45-24-12-7-19-36(45)40-29-39-35-18-6-11-23-43(35)52(44(39)30-46(40)56)41-21-9-4-16-33(41)34-17-5-10-22-42(34)52/h1-30H. The Morgan fingerprint density at radius 2 is 0.947 bits per heavy atom. The molecule has 0 aliphatic heterocycles. The van der Waals surface area contributed by atoms with E-state index in [-0.39, 0.29) is 0 Å². The number of hydrogen-bond acceptors (Lipinski definition) is 4. The molecule has 264 valence electrons. The van der Waals surface area contributed by atoms with Gasteiger partial charge in [-0.05, 0) is 74.8 Å². The second kappa shape index (κ2) is 11.4. The molecule has 0 amide bonds. The number of nitrogens with zero attached hydrogens (tertiary/aromatic N) is 4. The van der Waals surface area contributed by atoms with Crippen LogP contribution in [0.3, 0.4) is 0 Å². The van der Waals surface area contributed by atoms with Gasteiger partial charge in [0, 0.05) is 42.1 Å². The Kier molecular flexibility index (Phi) is 6.22. The van der Waals surface area contributed by atoms with E-state index < -0.39 is 5.41 Å². The first-order valence-electron chi connectivity index (χ1n) is 19.4. The van der Waals surface area contributed by atoms with Gasteiger partial charge >= 0.3 is 0 Å². The molecule has 0 saturated heterocycles. The first kappa shape index (κ1) is 31.0. The van der Waals surface area contributed by atoms with Crippen LogP contribution in [0.5, 0.6) is 0 Å². The van der Waals surface area contributed by atoms with Crippen molar-refractivity contribution in [2.45, 2.75) is 5.41 Å². The molecule has 2 aliphatic carbocycles. The van der Waals surface area contributed by atoms with Crippen molar-refractivity contribution >= 4 is 53.3 Å². The quantitative estimate of drug-likeness (QED) is 0.181. The van der Waals surface area contributed by atoms with E-state index in [0.29, 0.717) is 17.6 Å². The lowest BCUT2D eigenvalue weighted by atomic mass is 9.70. The summed E-state index contributed by atoms with van der Waals surface area (Å²) in [6.07, 6.45) is 0. The molecule has 0 saturated carbocycles. The van der Waals surface area contributed by atoms with Crippen LogP contribution in [0.2, 0.25) is 0 Å². The van der Waals surface area contributed by atoms with E-state index in [4.69, 9.17) is 15.0 Å². The Bertz CT molecular complexity index is 3440. The highest BCUT2D eigenvalue weighted by Crippen LogP contribution is 2.63. The van der Waals surface area contributed by atoms with Gasteiger partial charge in [0.05, 0.1) is 16.4 Å². The van der Waals surface area contributed by atoms with Gasteiger partial charge in [0.25, 0.3) is 0 Å². The van der Waals surface area contributed by atoms with Gasteiger partial charge in [0.15, 0.2) is 11.6 Å². The van der Waals surface area contributed by atoms with Crippen LogP contribution < -0.4 is 0 Å². The van der Waals surface area contributed by atoms with Crippen LogP contribution in [0.4, 0.5) is 0 Å². The summed E-state index contributed by atoms with van der Waals surface area (Å²) >= 11 is 1.81. The van der Waals surface area contributed by atoms with Crippen LogP contribution in [0.1, 0.15) is 22.3 Å². The molecule has 3 aromatic heterocycles. The topological polar surface area (TPSA) is 43.6 Å². The summed E-state index contributed by atoms with van der Waals surface area (Å²) in [5.74, 6) is 1.88. The molecular formula is C52H30N4S. The Morgan fingerprint density at radius 1 is 0.368 bits per heavy atom. The summed E-state index contributed by atoms with van der Waals surface area (Å²) in [4.78, 5) is 15.8. The predicted octanol–water partition coefficient (Wildman–Crippen LogP) is 13.0. The van der Waals surface area contributed by atoms with Crippen molar-refractivity contribution in [3.05, 3.63) is 204 Å². The maximum absolute atomic E-state index is 5.37. The van der Waals surface area contributed by atoms with Crippen molar-refractivity contribution in [2.24, 2.45) is 0 Å². The predicted molar refractivity (Wildman–Crippen MR) is 234 cm³/mol. The molecule has 57 heavy (non-hydrogen) atoms. The number of fused-ring (bicyclic) bond motifs is 16. The molecule has 8 aromatic carbocycles. The molecular weight excluding hydrogens is 713 g/mol. The SMILES string of the molecule is c1ccc(-c2nc(-c3ccc4c(c3)sc3ccccc34)nc(-n3c4ccccc4c4cc5c(cc43)C3(c4ccccc4-c4ccccc43)c3ccccc3-5)n2)cc1. The number of rotatable bonds is 3. The monoisotopic (exact) mass is 742 g/mol. The molecule has 2 aliphatic rings. The van der Waals surface area contributed by atoms with Crippen LogP contribution in [-0.4, -0.2) is 19.5 Å². The van der Waals surface area contributed by atoms with Crippen LogP contribution in [0.25, 0.3) is 93.0 Å². The Labute approximate surface area is 332 Å². The third-order valence-electron chi connectivity index (χ3n) is 12.3. The van der Waals surface area contributed by atoms with E-state index in [1.165, 1.54) is 70.1 Å². The maximum Gasteiger partial charge on any atom is 0.238 e. The summed E-state index contributed by atoms with van der Waals surface area (Å²) in [6.45, 7) is 0. The minimum absolute atomic E-state index is 0.465. The third-order valence-corrected chi connectivity index (χ3v) is 13.4. The Hall–Kier alpha value is -7.21. The lowest BCUT2D eigenvalue weighted by Crippen LogP contribution is -2.25. The molecule has 13 rings (SSSR count). The Morgan fingerprint density at radius 3 is 1.68 bits per heavy atom. The van der Waals surface area contributed by atoms with Gasteiger partial charge < -0.3 is 0 Å². The summed E-state index contributed by atoms with van der Waals surface area (Å²) in [6, 6.07) is 66.0. The van der Waals surface area contributed by atoms with Crippen molar-refractivity contribution in [3.63, 3.8) is 0 Å². The van der Waals surface area contributed by atoms with Crippen molar-refractivity contribution in [2.75, 3.05) is 0 Å². The van der Waals surface area contributed by atoms with Crippen molar-refractivity contribution in [1.29, 1.82) is 0 Å².